The number of fused-ring (bicyclic) bond motifs is 2. The zero-order valence-electron chi connectivity index (χ0n) is 37.3. The summed E-state index contributed by atoms with van der Waals surface area (Å²) in [4.78, 5) is 0. The Morgan fingerprint density at radius 3 is 2.35 bits per heavy atom. The van der Waals surface area contributed by atoms with Gasteiger partial charge in [0.25, 0.3) is 0 Å². The standard InChI is InChI=1S/C40H68O3S.C9H16.C2H6/c1-7-31-22-34-28(5)33(27(4)20-32(34)23-40(31)44)19-26(3)18-30-15-16-37-35(21-30)36(41)24-39(43-37)38(42-6)12-10-8-9-11-29-14-13-25(2)17-29;1-4-6-7-8-9(3)5-2;1-2/h27-41,44H,2-3,7-24H2,1,4-6H3;4H,1,3,5-8H2,2H3;1-2H3/t27-,28-,29?,30?,31?,32+,33?,34+,35?,36?,37?,38?,39?,40?;;/m1../s1. The SMILES string of the molecule is C=C1CCC(CCCCCC(OC)C2CC(O)C3CC(CC(=C)CC4[C@H](C)C[C@H]5CC(S)C(CC)C[C@H]5[C@@H]4C)CCC3O2)C1.C=CCCCC(=C)CC.CC. The van der Waals surface area contributed by atoms with Crippen LogP contribution in [0.5, 0.6) is 0 Å². The van der Waals surface area contributed by atoms with Crippen molar-refractivity contribution in [1.29, 1.82) is 0 Å². The number of aliphatic hydroxyl groups excluding tert-OH is 1. The van der Waals surface area contributed by atoms with Crippen molar-refractivity contribution in [3.63, 3.8) is 0 Å². The van der Waals surface area contributed by atoms with E-state index in [9.17, 15) is 5.11 Å². The minimum absolute atomic E-state index is 0.0314. The Morgan fingerprint density at radius 2 is 1.69 bits per heavy atom. The zero-order valence-corrected chi connectivity index (χ0v) is 38.2. The Morgan fingerprint density at radius 1 is 0.927 bits per heavy atom. The summed E-state index contributed by atoms with van der Waals surface area (Å²) in [7, 11) is 1.83. The summed E-state index contributed by atoms with van der Waals surface area (Å²) >= 11 is 5.01. The molecule has 0 aromatic carbocycles. The molecular formula is C51H90O3S. The number of hydrogen-bond donors (Lipinski definition) is 2. The van der Waals surface area contributed by atoms with Crippen molar-refractivity contribution in [1.82, 2.24) is 0 Å². The monoisotopic (exact) mass is 783 g/mol. The number of methoxy groups -OCH3 is 1. The van der Waals surface area contributed by atoms with E-state index in [0.29, 0.717) is 11.2 Å². The summed E-state index contributed by atoms with van der Waals surface area (Å²) in [6.45, 7) is 30.0. The van der Waals surface area contributed by atoms with E-state index in [-0.39, 0.29) is 30.3 Å². The molecule has 4 saturated carbocycles. The lowest BCUT2D eigenvalue weighted by Gasteiger charge is -2.51. The minimum atomic E-state index is -0.272. The van der Waals surface area contributed by atoms with Crippen LogP contribution in [0, 0.1) is 53.3 Å². The number of aliphatic hydroxyl groups is 1. The van der Waals surface area contributed by atoms with Gasteiger partial charge in [-0.1, -0.05) is 116 Å². The van der Waals surface area contributed by atoms with Crippen molar-refractivity contribution >= 4 is 12.6 Å². The van der Waals surface area contributed by atoms with Gasteiger partial charge in [-0.2, -0.15) is 12.6 Å². The molecule has 1 heterocycles. The predicted octanol–water partition coefficient (Wildman–Crippen LogP) is 14.6. The summed E-state index contributed by atoms with van der Waals surface area (Å²) in [5, 5.41) is 12.0. The van der Waals surface area contributed by atoms with Crippen LogP contribution in [0.2, 0.25) is 0 Å². The van der Waals surface area contributed by atoms with E-state index in [1.54, 1.807) is 0 Å². The van der Waals surface area contributed by atoms with Crippen LogP contribution >= 0.6 is 12.6 Å². The van der Waals surface area contributed by atoms with Crippen LogP contribution in [0.4, 0.5) is 0 Å². The first-order chi connectivity index (χ1) is 26.5. The van der Waals surface area contributed by atoms with Crippen molar-refractivity contribution in [3.05, 3.63) is 49.1 Å². The lowest BCUT2D eigenvalue weighted by molar-refractivity contribution is -0.188. The van der Waals surface area contributed by atoms with Gasteiger partial charge in [-0.3, -0.25) is 0 Å². The Labute approximate surface area is 347 Å². The summed E-state index contributed by atoms with van der Waals surface area (Å²) < 4.78 is 12.7. The van der Waals surface area contributed by atoms with E-state index in [2.05, 4.69) is 54.0 Å². The number of rotatable bonds is 18. The first-order valence-electron chi connectivity index (χ1n) is 23.6. The molecule has 5 fully saturated rings. The van der Waals surface area contributed by atoms with E-state index >= 15 is 0 Å². The average Bonchev–Trinajstić information content (AvgIpc) is 3.60. The molecule has 5 aliphatic rings. The van der Waals surface area contributed by atoms with Crippen molar-refractivity contribution in [2.45, 2.75) is 212 Å². The highest BCUT2D eigenvalue weighted by Crippen LogP contribution is 2.53. The van der Waals surface area contributed by atoms with Gasteiger partial charge >= 0.3 is 0 Å². The first kappa shape index (κ1) is 48.6. The maximum absolute atomic E-state index is 11.4. The lowest BCUT2D eigenvalue weighted by Crippen LogP contribution is -2.51. The quantitative estimate of drug-likeness (QED) is 0.0826. The van der Waals surface area contributed by atoms with E-state index in [1.807, 2.05) is 27.0 Å². The van der Waals surface area contributed by atoms with Gasteiger partial charge in [0.1, 0.15) is 0 Å². The highest BCUT2D eigenvalue weighted by Gasteiger charge is 2.46. The molecule has 14 atom stereocenters. The van der Waals surface area contributed by atoms with Crippen molar-refractivity contribution in [3.8, 4) is 0 Å². The first-order valence-corrected chi connectivity index (χ1v) is 24.1. The molecule has 1 saturated heterocycles. The van der Waals surface area contributed by atoms with Gasteiger partial charge in [0.2, 0.25) is 0 Å². The molecule has 3 nitrogen and oxygen atoms in total. The smallest absolute Gasteiger partial charge is 0.0865 e. The molecule has 1 N–H and O–H groups in total. The van der Waals surface area contributed by atoms with E-state index in [1.165, 1.54) is 113 Å². The van der Waals surface area contributed by atoms with Crippen LogP contribution in [0.1, 0.15) is 183 Å². The topological polar surface area (TPSA) is 38.7 Å². The maximum atomic E-state index is 11.4. The average molecular weight is 783 g/mol. The van der Waals surface area contributed by atoms with Gasteiger partial charge in [-0.15, -0.1) is 6.58 Å². The van der Waals surface area contributed by atoms with E-state index in [0.717, 1.165) is 86.4 Å². The van der Waals surface area contributed by atoms with Gasteiger partial charge in [0.15, 0.2) is 0 Å². The molecule has 5 rings (SSSR count). The summed E-state index contributed by atoms with van der Waals surface area (Å²) in [6.07, 6.45) is 28.4. The van der Waals surface area contributed by atoms with Crippen LogP contribution in [0.25, 0.3) is 0 Å². The Kier molecular flexibility index (Phi) is 22.6. The van der Waals surface area contributed by atoms with Gasteiger partial charge < -0.3 is 14.6 Å². The summed E-state index contributed by atoms with van der Waals surface area (Å²) in [5.74, 6) is 6.68. The molecule has 0 radical (unpaired) electrons. The third-order valence-electron chi connectivity index (χ3n) is 15.2. The molecule has 318 valence electrons. The van der Waals surface area contributed by atoms with Crippen LogP contribution in [-0.2, 0) is 9.47 Å². The maximum Gasteiger partial charge on any atom is 0.0865 e. The number of ether oxygens (including phenoxy) is 2. The molecule has 4 aliphatic carbocycles. The fourth-order valence-corrected chi connectivity index (χ4v) is 12.3. The van der Waals surface area contributed by atoms with Crippen LogP contribution in [0.15, 0.2) is 49.1 Å². The summed E-state index contributed by atoms with van der Waals surface area (Å²) in [5.41, 5.74) is 4.28. The zero-order chi connectivity index (χ0) is 40.5. The third kappa shape index (κ3) is 15.1. The van der Waals surface area contributed by atoms with Gasteiger partial charge in [0.05, 0.1) is 24.4 Å². The molecule has 0 spiro atoms. The largest absolute Gasteiger partial charge is 0.393 e. The molecule has 0 aromatic rings. The lowest BCUT2D eigenvalue weighted by atomic mass is 9.56. The van der Waals surface area contributed by atoms with Crippen molar-refractivity contribution in [2.75, 3.05) is 7.11 Å². The molecule has 4 heteroatoms. The Hall–Kier alpha value is -0.810. The van der Waals surface area contributed by atoms with Crippen molar-refractivity contribution < 1.29 is 14.6 Å². The van der Waals surface area contributed by atoms with Crippen LogP contribution < -0.4 is 0 Å². The van der Waals surface area contributed by atoms with Gasteiger partial charge in [-0.25, -0.2) is 0 Å². The predicted molar refractivity (Wildman–Crippen MR) is 243 cm³/mol. The normalized spacial score (nSPS) is 36.2. The highest BCUT2D eigenvalue weighted by molar-refractivity contribution is 7.81. The Balaban J connectivity index is 0.000000649. The van der Waals surface area contributed by atoms with E-state index in [4.69, 9.17) is 22.1 Å². The number of allylic oxidation sites excluding steroid dienone is 4. The molecule has 0 bridgehead atoms. The fourth-order valence-electron chi connectivity index (χ4n) is 11.7. The van der Waals surface area contributed by atoms with Crippen LogP contribution in [0.3, 0.4) is 0 Å². The number of thiol groups is 1. The molecular weight excluding hydrogens is 693 g/mol. The van der Waals surface area contributed by atoms with Crippen LogP contribution in [-0.4, -0.2) is 41.9 Å². The Bertz CT molecular complexity index is 1130. The van der Waals surface area contributed by atoms with E-state index < -0.39 is 0 Å². The minimum Gasteiger partial charge on any atom is -0.393 e. The van der Waals surface area contributed by atoms with Gasteiger partial charge in [0, 0.05) is 24.7 Å². The fraction of sp³-hybridized carbons (Fsp3) is 0.843. The summed E-state index contributed by atoms with van der Waals surface area (Å²) in [6, 6.07) is 0. The molecule has 55 heavy (non-hydrogen) atoms. The highest BCUT2D eigenvalue weighted by atomic mass is 32.1. The molecule has 1 aliphatic heterocycles. The molecule has 0 amide bonds. The second kappa shape index (κ2) is 25.6. The second-order valence-corrected chi connectivity index (χ2v) is 19.6. The number of hydrogen-bond acceptors (Lipinski definition) is 4. The number of unbranched alkanes of at least 4 members (excludes halogenated alkanes) is 3. The van der Waals surface area contributed by atoms with Crippen molar-refractivity contribution in [2.24, 2.45) is 53.3 Å². The third-order valence-corrected chi connectivity index (χ3v) is 15.8. The van der Waals surface area contributed by atoms with Gasteiger partial charge in [-0.05, 0) is 150 Å². The molecule has 10 unspecified atom stereocenters. The second-order valence-electron chi connectivity index (χ2n) is 18.9. The molecule has 0 aromatic heterocycles.